The number of aliphatic hydroxyl groups is 1. The Bertz CT molecular complexity index is 214. The first-order valence-corrected chi connectivity index (χ1v) is 5.38. The van der Waals surface area contributed by atoms with Crippen LogP contribution < -0.4 is 5.73 Å². The normalized spacial score (nSPS) is 32.1. The summed E-state index contributed by atoms with van der Waals surface area (Å²) >= 11 is 1.35. The van der Waals surface area contributed by atoms with E-state index in [0.717, 1.165) is 0 Å². The highest BCUT2D eigenvalue weighted by Crippen LogP contribution is 2.33. The topological polar surface area (TPSA) is 49.5 Å². The fraction of sp³-hybridized carbons (Fsp3) is 1.00. The standard InChI is InChI=1S/C7H12F3IN2O/c8-7(9,10)5(11)13-2-1-6(12,3-13)4-14/h5,14H,1-4,12H2. The summed E-state index contributed by atoms with van der Waals surface area (Å²) < 4.78 is 35.4. The molecule has 0 bridgehead atoms. The third-order valence-corrected chi connectivity index (χ3v) is 3.81. The van der Waals surface area contributed by atoms with Crippen molar-refractivity contribution in [1.29, 1.82) is 0 Å². The lowest BCUT2D eigenvalue weighted by atomic mass is 10.0. The van der Waals surface area contributed by atoms with Gasteiger partial charge in [0.05, 0.1) is 12.1 Å². The summed E-state index contributed by atoms with van der Waals surface area (Å²) in [5.74, 6) is 0. The predicted octanol–water partition coefficient (Wildman–Crippen LogP) is 0.705. The van der Waals surface area contributed by atoms with Gasteiger partial charge in [-0.3, -0.25) is 4.90 Å². The molecule has 1 heterocycles. The summed E-state index contributed by atoms with van der Waals surface area (Å²) in [5, 5.41) is 8.89. The van der Waals surface area contributed by atoms with Crippen molar-refractivity contribution >= 4 is 22.6 Å². The van der Waals surface area contributed by atoms with Gasteiger partial charge in [-0.25, -0.2) is 0 Å². The van der Waals surface area contributed by atoms with Crippen molar-refractivity contribution in [3.05, 3.63) is 0 Å². The molecule has 0 saturated carbocycles. The van der Waals surface area contributed by atoms with Gasteiger partial charge in [0.15, 0.2) is 4.05 Å². The van der Waals surface area contributed by atoms with Gasteiger partial charge in [0, 0.05) is 13.1 Å². The van der Waals surface area contributed by atoms with Crippen LogP contribution in [0.2, 0.25) is 0 Å². The average molecular weight is 324 g/mol. The van der Waals surface area contributed by atoms with Crippen molar-refractivity contribution in [1.82, 2.24) is 4.90 Å². The largest absolute Gasteiger partial charge is 0.413 e. The van der Waals surface area contributed by atoms with Crippen LogP contribution in [-0.4, -0.2) is 45.5 Å². The number of aliphatic hydroxyl groups excluding tert-OH is 1. The second kappa shape index (κ2) is 4.11. The lowest BCUT2D eigenvalue weighted by Gasteiger charge is -2.26. The van der Waals surface area contributed by atoms with Crippen LogP contribution in [0.1, 0.15) is 6.42 Å². The van der Waals surface area contributed by atoms with Gasteiger partial charge in [-0.1, -0.05) is 22.6 Å². The number of hydrogen-bond acceptors (Lipinski definition) is 3. The SMILES string of the molecule is NC1(CO)CCN(C(I)C(F)(F)F)C1. The minimum atomic E-state index is -4.23. The van der Waals surface area contributed by atoms with E-state index in [1.54, 1.807) is 0 Å². The molecule has 0 aromatic carbocycles. The maximum atomic E-state index is 12.3. The van der Waals surface area contributed by atoms with Gasteiger partial charge < -0.3 is 10.8 Å². The number of rotatable bonds is 2. The summed E-state index contributed by atoms with van der Waals surface area (Å²) in [7, 11) is 0. The van der Waals surface area contributed by atoms with Gasteiger partial charge in [0.2, 0.25) is 0 Å². The molecule has 1 saturated heterocycles. The zero-order valence-corrected chi connectivity index (χ0v) is 9.55. The fourth-order valence-electron chi connectivity index (χ4n) is 1.46. The van der Waals surface area contributed by atoms with Gasteiger partial charge in [0.1, 0.15) is 0 Å². The highest BCUT2D eigenvalue weighted by Gasteiger charge is 2.46. The molecule has 1 fully saturated rings. The molecular weight excluding hydrogens is 312 g/mol. The van der Waals surface area contributed by atoms with Crippen LogP contribution >= 0.6 is 22.6 Å². The molecule has 84 valence electrons. The number of hydrogen-bond donors (Lipinski definition) is 2. The van der Waals surface area contributed by atoms with Crippen LogP contribution in [0.15, 0.2) is 0 Å². The van der Waals surface area contributed by atoms with Gasteiger partial charge >= 0.3 is 6.18 Å². The highest BCUT2D eigenvalue weighted by molar-refractivity contribution is 14.1. The van der Waals surface area contributed by atoms with Crippen LogP contribution in [0.4, 0.5) is 13.2 Å². The summed E-state index contributed by atoms with van der Waals surface area (Å²) in [4.78, 5) is 1.25. The highest BCUT2D eigenvalue weighted by atomic mass is 127. The molecule has 3 nitrogen and oxygen atoms in total. The molecule has 1 aliphatic heterocycles. The van der Waals surface area contributed by atoms with Gasteiger partial charge in [-0.15, -0.1) is 0 Å². The van der Waals surface area contributed by atoms with Gasteiger partial charge in [-0.05, 0) is 6.42 Å². The molecule has 2 atom stereocenters. The number of nitrogens with zero attached hydrogens (tertiary/aromatic N) is 1. The molecule has 7 heteroatoms. The first-order valence-electron chi connectivity index (χ1n) is 4.13. The minimum Gasteiger partial charge on any atom is -0.394 e. The Morgan fingerprint density at radius 1 is 1.57 bits per heavy atom. The van der Waals surface area contributed by atoms with Crippen LogP contribution in [0.25, 0.3) is 0 Å². The van der Waals surface area contributed by atoms with Crippen molar-refractivity contribution in [3.63, 3.8) is 0 Å². The zero-order chi connectivity index (χ0) is 11.0. The van der Waals surface area contributed by atoms with E-state index in [-0.39, 0.29) is 19.7 Å². The van der Waals surface area contributed by atoms with E-state index in [1.807, 2.05) is 0 Å². The lowest BCUT2D eigenvalue weighted by Crippen LogP contribution is -2.48. The van der Waals surface area contributed by atoms with Crippen molar-refractivity contribution in [2.75, 3.05) is 19.7 Å². The maximum Gasteiger partial charge on any atom is 0.413 e. The number of alkyl halides is 4. The lowest BCUT2D eigenvalue weighted by molar-refractivity contribution is -0.150. The maximum absolute atomic E-state index is 12.3. The Hall–Kier alpha value is 0.400. The van der Waals surface area contributed by atoms with Crippen LogP contribution in [-0.2, 0) is 0 Å². The molecule has 0 amide bonds. The van der Waals surface area contributed by atoms with E-state index < -0.39 is 15.8 Å². The van der Waals surface area contributed by atoms with Gasteiger partial charge in [-0.2, -0.15) is 13.2 Å². The third kappa shape index (κ3) is 2.71. The molecule has 0 aromatic rings. The Balaban J connectivity index is 2.58. The molecule has 0 aliphatic carbocycles. The van der Waals surface area contributed by atoms with E-state index in [2.05, 4.69) is 0 Å². The van der Waals surface area contributed by atoms with E-state index in [9.17, 15) is 13.2 Å². The Morgan fingerprint density at radius 2 is 2.14 bits per heavy atom. The first-order chi connectivity index (χ1) is 6.28. The summed E-state index contributed by atoms with van der Waals surface area (Å²) in [6.07, 6.45) is -3.83. The second-order valence-corrected chi connectivity index (χ2v) is 4.80. The molecule has 2 unspecified atom stereocenters. The molecule has 0 radical (unpaired) electrons. The zero-order valence-electron chi connectivity index (χ0n) is 7.39. The van der Waals surface area contributed by atoms with Crippen LogP contribution in [0.5, 0.6) is 0 Å². The molecule has 1 aliphatic rings. The first kappa shape index (κ1) is 12.5. The van der Waals surface area contributed by atoms with Crippen molar-refractivity contribution in [2.45, 2.75) is 22.2 Å². The molecule has 14 heavy (non-hydrogen) atoms. The van der Waals surface area contributed by atoms with Crippen molar-refractivity contribution in [3.8, 4) is 0 Å². The molecule has 0 aromatic heterocycles. The summed E-state index contributed by atoms with van der Waals surface area (Å²) in [6, 6.07) is 0. The van der Waals surface area contributed by atoms with Crippen molar-refractivity contribution in [2.24, 2.45) is 5.73 Å². The summed E-state index contributed by atoms with van der Waals surface area (Å²) in [5.41, 5.74) is 4.80. The molecule has 3 N–H and O–H groups in total. The Labute approximate surface area is 93.6 Å². The van der Waals surface area contributed by atoms with Crippen LogP contribution in [0, 0.1) is 0 Å². The van der Waals surface area contributed by atoms with Crippen molar-refractivity contribution < 1.29 is 18.3 Å². The monoisotopic (exact) mass is 324 g/mol. The molecule has 1 rings (SSSR count). The summed E-state index contributed by atoms with van der Waals surface area (Å²) in [6.45, 7) is 0.103. The van der Waals surface area contributed by atoms with E-state index in [4.69, 9.17) is 10.8 Å². The Kier molecular flexibility index (Phi) is 3.66. The average Bonchev–Trinajstić information content (AvgIpc) is 2.46. The number of nitrogens with two attached hydrogens (primary N) is 1. The quantitative estimate of drug-likeness (QED) is 0.447. The third-order valence-electron chi connectivity index (χ3n) is 2.32. The molecule has 0 spiro atoms. The fourth-order valence-corrected chi connectivity index (χ4v) is 1.93. The molecular formula is C7H12F3IN2O. The van der Waals surface area contributed by atoms with Crippen LogP contribution in [0.3, 0.4) is 0 Å². The van der Waals surface area contributed by atoms with E-state index in [1.165, 1.54) is 27.5 Å². The number of halogens is 4. The Morgan fingerprint density at radius 3 is 2.50 bits per heavy atom. The van der Waals surface area contributed by atoms with E-state index in [0.29, 0.717) is 6.42 Å². The predicted molar refractivity (Wildman–Crippen MR) is 54.1 cm³/mol. The number of likely N-dealkylation sites (tertiary alicyclic amines) is 1. The smallest absolute Gasteiger partial charge is 0.394 e. The minimum absolute atomic E-state index is 0.0939. The van der Waals surface area contributed by atoms with E-state index >= 15 is 0 Å². The van der Waals surface area contributed by atoms with Gasteiger partial charge in [0.25, 0.3) is 0 Å². The second-order valence-electron chi connectivity index (χ2n) is 3.62.